The average Bonchev–Trinajstić information content (AvgIpc) is 3.22. The van der Waals surface area contributed by atoms with Gasteiger partial charge in [-0.3, -0.25) is 0 Å². The van der Waals surface area contributed by atoms with Crippen molar-refractivity contribution in [2.45, 2.75) is 52.4 Å². The monoisotopic (exact) mass is 370 g/mol. The summed E-state index contributed by atoms with van der Waals surface area (Å²) in [4.78, 5) is 9.48. The van der Waals surface area contributed by atoms with E-state index in [0.717, 1.165) is 34.0 Å². The molecule has 0 spiro atoms. The maximum absolute atomic E-state index is 6.10. The van der Waals surface area contributed by atoms with Gasteiger partial charge in [0.2, 0.25) is 0 Å². The molecule has 0 fully saturated rings. The zero-order chi connectivity index (χ0) is 19.6. The number of benzene rings is 2. The molecule has 0 N–H and O–H groups in total. The lowest BCUT2D eigenvalue weighted by Gasteiger charge is -2.36. The van der Waals surface area contributed by atoms with Crippen LogP contribution in [-0.2, 0) is 10.8 Å². The summed E-state index contributed by atoms with van der Waals surface area (Å²) in [5.41, 5.74) is 6.43. The van der Waals surface area contributed by atoms with Crippen LogP contribution in [0.1, 0.15) is 62.0 Å². The van der Waals surface area contributed by atoms with Crippen molar-refractivity contribution in [3.05, 3.63) is 58.6 Å². The second kappa shape index (κ2) is 4.57. The maximum atomic E-state index is 6.10. The minimum Gasteiger partial charge on any atom is -0.441 e. The van der Waals surface area contributed by atoms with Gasteiger partial charge in [0.25, 0.3) is 0 Å². The minimum absolute atomic E-state index is 0.223. The summed E-state index contributed by atoms with van der Waals surface area (Å²) in [5.74, 6) is 3.22. The Morgan fingerprint density at radius 1 is 0.643 bits per heavy atom. The summed E-state index contributed by atoms with van der Waals surface area (Å²) in [6.45, 7) is 12.8. The molecule has 0 amide bonds. The molecule has 0 radical (unpaired) electrons. The van der Waals surface area contributed by atoms with E-state index in [2.05, 4.69) is 52.0 Å². The Balaban J connectivity index is 1.86. The number of aryl methyl sites for hydroxylation is 2. The third-order valence-corrected chi connectivity index (χ3v) is 6.65. The van der Waals surface area contributed by atoms with Crippen LogP contribution in [0.5, 0.6) is 0 Å². The van der Waals surface area contributed by atoms with Crippen LogP contribution in [0.4, 0.5) is 0 Å². The Morgan fingerprint density at radius 3 is 1.43 bits per heavy atom. The number of oxazole rings is 2. The summed E-state index contributed by atoms with van der Waals surface area (Å²) < 4.78 is 12.2. The van der Waals surface area contributed by atoms with E-state index in [1.807, 2.05) is 13.8 Å². The van der Waals surface area contributed by atoms with E-state index in [1.165, 1.54) is 21.9 Å². The fourth-order valence-corrected chi connectivity index (χ4v) is 5.24. The standard InChI is InChI=1S/C24H22N2O2/c1-11-25-21-19(27-11)13-7-9-16-18-14(8-10-15(17(13)18)23(21,3)4)20-22(24(16,5)6)26-12(2)28-20/h7-10H,1-6H3. The molecule has 0 saturated carbocycles. The molecular weight excluding hydrogens is 348 g/mol. The number of fused-ring (bicyclic) bond motifs is 4. The fourth-order valence-electron chi connectivity index (χ4n) is 5.24. The summed E-state index contributed by atoms with van der Waals surface area (Å²) in [6.07, 6.45) is 0. The molecule has 0 bridgehead atoms. The molecule has 0 saturated heterocycles. The van der Waals surface area contributed by atoms with Crippen molar-refractivity contribution < 1.29 is 8.83 Å². The number of rotatable bonds is 0. The van der Waals surface area contributed by atoms with Crippen LogP contribution in [0.2, 0.25) is 0 Å². The van der Waals surface area contributed by atoms with Crippen molar-refractivity contribution >= 4 is 10.8 Å². The quantitative estimate of drug-likeness (QED) is 0.378. The highest BCUT2D eigenvalue weighted by atomic mass is 16.4. The van der Waals surface area contributed by atoms with Crippen molar-refractivity contribution in [1.82, 2.24) is 9.97 Å². The molecule has 28 heavy (non-hydrogen) atoms. The van der Waals surface area contributed by atoms with E-state index in [-0.39, 0.29) is 10.8 Å². The third kappa shape index (κ3) is 1.64. The number of hydrogen-bond donors (Lipinski definition) is 0. The van der Waals surface area contributed by atoms with Crippen LogP contribution in [-0.4, -0.2) is 9.97 Å². The lowest BCUT2D eigenvalue weighted by Crippen LogP contribution is -2.27. The highest BCUT2D eigenvalue weighted by Gasteiger charge is 2.43. The maximum Gasteiger partial charge on any atom is 0.192 e. The highest BCUT2D eigenvalue weighted by Crippen LogP contribution is 2.55. The van der Waals surface area contributed by atoms with E-state index in [1.54, 1.807) is 0 Å². The minimum atomic E-state index is -0.223. The van der Waals surface area contributed by atoms with Crippen LogP contribution in [0, 0.1) is 13.8 Å². The first-order valence-electron chi connectivity index (χ1n) is 9.78. The van der Waals surface area contributed by atoms with E-state index < -0.39 is 0 Å². The Hall–Kier alpha value is -2.88. The molecule has 4 nitrogen and oxygen atoms in total. The Kier molecular flexibility index (Phi) is 2.63. The molecule has 2 aliphatic rings. The number of aromatic nitrogens is 2. The Labute approximate surface area is 163 Å². The molecule has 140 valence electrons. The summed E-state index contributed by atoms with van der Waals surface area (Å²) in [5, 5.41) is 2.52. The molecule has 0 unspecified atom stereocenters. The van der Waals surface area contributed by atoms with Crippen LogP contribution in [0.3, 0.4) is 0 Å². The van der Waals surface area contributed by atoms with Crippen LogP contribution in [0.15, 0.2) is 33.1 Å². The summed E-state index contributed by atoms with van der Waals surface area (Å²) in [6, 6.07) is 8.86. The van der Waals surface area contributed by atoms with Gasteiger partial charge in [0, 0.05) is 35.8 Å². The average molecular weight is 370 g/mol. The van der Waals surface area contributed by atoms with Gasteiger partial charge in [-0.1, -0.05) is 24.3 Å². The van der Waals surface area contributed by atoms with Crippen molar-refractivity contribution in [1.29, 1.82) is 0 Å². The lowest BCUT2D eigenvalue weighted by molar-refractivity contribution is 0.528. The molecule has 0 atom stereocenters. The molecule has 4 heteroatoms. The molecule has 0 aliphatic heterocycles. The molecule has 2 aromatic heterocycles. The van der Waals surface area contributed by atoms with Crippen LogP contribution >= 0.6 is 0 Å². The number of nitrogens with zero attached hydrogens (tertiary/aromatic N) is 2. The smallest absolute Gasteiger partial charge is 0.192 e. The lowest BCUT2D eigenvalue weighted by atomic mass is 9.67. The number of hydrogen-bond acceptors (Lipinski definition) is 4. The van der Waals surface area contributed by atoms with Crippen molar-refractivity contribution in [3.8, 4) is 22.6 Å². The topological polar surface area (TPSA) is 52.1 Å². The SMILES string of the molecule is Cc1nc2c(o1)-c1ccc3c4c(ccc(c14)C2(C)C)-c1oc(C)nc1C3(C)C. The molecule has 2 heterocycles. The Morgan fingerprint density at radius 2 is 1.04 bits per heavy atom. The van der Waals surface area contributed by atoms with E-state index >= 15 is 0 Å². The van der Waals surface area contributed by atoms with Crippen molar-refractivity contribution in [2.24, 2.45) is 0 Å². The van der Waals surface area contributed by atoms with Crippen molar-refractivity contribution in [3.63, 3.8) is 0 Å². The van der Waals surface area contributed by atoms with E-state index in [0.29, 0.717) is 11.8 Å². The van der Waals surface area contributed by atoms with Crippen LogP contribution < -0.4 is 0 Å². The first-order chi connectivity index (χ1) is 13.2. The van der Waals surface area contributed by atoms with Crippen LogP contribution in [0.25, 0.3) is 33.4 Å². The van der Waals surface area contributed by atoms with Gasteiger partial charge in [-0.2, -0.15) is 0 Å². The highest BCUT2D eigenvalue weighted by molar-refractivity contribution is 6.11. The second-order valence-electron chi connectivity index (χ2n) is 9.14. The van der Waals surface area contributed by atoms with Crippen molar-refractivity contribution in [2.75, 3.05) is 0 Å². The zero-order valence-electron chi connectivity index (χ0n) is 17.0. The van der Waals surface area contributed by atoms with E-state index in [9.17, 15) is 0 Å². The summed E-state index contributed by atoms with van der Waals surface area (Å²) in [7, 11) is 0. The first-order valence-corrected chi connectivity index (χ1v) is 9.78. The van der Waals surface area contributed by atoms with Gasteiger partial charge in [0.1, 0.15) is 0 Å². The zero-order valence-corrected chi connectivity index (χ0v) is 17.0. The normalized spacial score (nSPS) is 17.5. The molecule has 4 aromatic rings. The largest absolute Gasteiger partial charge is 0.441 e. The van der Waals surface area contributed by atoms with Gasteiger partial charge < -0.3 is 8.83 Å². The molecule has 2 aliphatic carbocycles. The van der Waals surface area contributed by atoms with Gasteiger partial charge in [-0.15, -0.1) is 0 Å². The van der Waals surface area contributed by atoms with Gasteiger partial charge in [0.15, 0.2) is 23.3 Å². The predicted octanol–water partition coefficient (Wildman–Crippen LogP) is 6.05. The first kappa shape index (κ1) is 16.1. The second-order valence-corrected chi connectivity index (χ2v) is 9.14. The van der Waals surface area contributed by atoms with Gasteiger partial charge >= 0.3 is 0 Å². The van der Waals surface area contributed by atoms with Gasteiger partial charge in [0.05, 0.1) is 11.4 Å². The molecule has 6 rings (SSSR count). The Bertz CT molecular complexity index is 1230. The van der Waals surface area contributed by atoms with E-state index in [4.69, 9.17) is 18.8 Å². The van der Waals surface area contributed by atoms with Gasteiger partial charge in [-0.25, -0.2) is 9.97 Å². The van der Waals surface area contributed by atoms with Gasteiger partial charge in [-0.05, 0) is 49.6 Å². The molecular formula is C24H22N2O2. The third-order valence-electron chi connectivity index (χ3n) is 6.65. The molecule has 2 aromatic carbocycles. The predicted molar refractivity (Wildman–Crippen MR) is 109 cm³/mol. The fraction of sp³-hybridized carbons (Fsp3) is 0.333. The summed E-state index contributed by atoms with van der Waals surface area (Å²) >= 11 is 0.